The van der Waals surface area contributed by atoms with Crippen molar-refractivity contribution in [2.45, 2.75) is 0 Å². The molecule has 4 nitrogen and oxygen atoms in total. The largest absolute Gasteiger partial charge is 0.313 e. The number of nitrogens with zero attached hydrogens (tertiary/aromatic N) is 1. The fourth-order valence-electron chi connectivity index (χ4n) is 0.666. The monoisotopic (exact) mass is 139 g/mol. The summed E-state index contributed by atoms with van der Waals surface area (Å²) in [5, 5.41) is 8.99. The van der Waals surface area contributed by atoms with Crippen LogP contribution in [0.4, 0.5) is 0 Å². The Hall–Kier alpha value is -1.16. The first-order valence-corrected chi connectivity index (χ1v) is 3.01. The molecule has 0 aliphatic rings. The number of carbonyl (C=O) groups excluding carboxylic acids is 1. The number of aromatic nitrogens is 2. The number of carbonyl (C=O) groups is 1. The Morgan fingerprint density at radius 3 is 3.20 bits per heavy atom. The van der Waals surface area contributed by atoms with Crippen LogP contribution in [0, 0.1) is 0 Å². The van der Waals surface area contributed by atoms with Gasteiger partial charge in [0.2, 0.25) is 0 Å². The smallest absolute Gasteiger partial charge is 0.179 e. The predicted molar refractivity (Wildman–Crippen MR) is 36.8 cm³/mol. The van der Waals surface area contributed by atoms with Gasteiger partial charge in [-0.05, 0) is 7.05 Å². The summed E-state index contributed by atoms with van der Waals surface area (Å²) >= 11 is 0. The first-order valence-electron chi connectivity index (χ1n) is 3.01. The van der Waals surface area contributed by atoms with Crippen LogP contribution in [-0.2, 0) is 0 Å². The lowest BCUT2D eigenvalue weighted by Crippen LogP contribution is -2.17. The Morgan fingerprint density at radius 1 is 1.90 bits per heavy atom. The van der Waals surface area contributed by atoms with Crippen LogP contribution < -0.4 is 5.32 Å². The highest BCUT2D eigenvalue weighted by Crippen LogP contribution is 1.93. The molecule has 1 aromatic rings. The molecule has 0 atom stereocenters. The van der Waals surface area contributed by atoms with Gasteiger partial charge >= 0.3 is 0 Å². The van der Waals surface area contributed by atoms with E-state index in [1.807, 2.05) is 0 Å². The maximum absolute atomic E-state index is 11.0. The van der Waals surface area contributed by atoms with Crippen LogP contribution in [0.5, 0.6) is 0 Å². The average molecular weight is 139 g/mol. The minimum Gasteiger partial charge on any atom is -0.313 e. The summed E-state index contributed by atoms with van der Waals surface area (Å²) in [6.45, 7) is 0.361. The molecule has 10 heavy (non-hydrogen) atoms. The molecule has 4 heteroatoms. The molecule has 0 radical (unpaired) electrons. The molecule has 0 amide bonds. The Morgan fingerprint density at radius 2 is 2.70 bits per heavy atom. The Kier molecular flexibility index (Phi) is 2.17. The van der Waals surface area contributed by atoms with Gasteiger partial charge in [0.15, 0.2) is 5.78 Å². The summed E-state index contributed by atoms with van der Waals surface area (Å²) in [7, 11) is 1.73. The number of nitrogens with one attached hydrogen (secondary N) is 2. The highest BCUT2D eigenvalue weighted by atomic mass is 16.1. The lowest BCUT2D eigenvalue weighted by molar-refractivity contribution is 0.0993. The first kappa shape index (κ1) is 6.95. The van der Waals surface area contributed by atoms with Crippen molar-refractivity contribution in [1.82, 2.24) is 15.5 Å². The summed E-state index contributed by atoms with van der Waals surface area (Å²) in [6.07, 6.45) is 3.10. The molecule has 0 saturated heterocycles. The van der Waals surface area contributed by atoms with Crippen LogP contribution in [0.15, 0.2) is 12.4 Å². The van der Waals surface area contributed by atoms with Crippen molar-refractivity contribution in [3.63, 3.8) is 0 Å². The molecule has 1 aromatic heterocycles. The van der Waals surface area contributed by atoms with Crippen molar-refractivity contribution < 1.29 is 4.79 Å². The van der Waals surface area contributed by atoms with Gasteiger partial charge in [-0.2, -0.15) is 5.10 Å². The summed E-state index contributed by atoms with van der Waals surface area (Å²) in [5.74, 6) is 0.0521. The Labute approximate surface area is 58.6 Å². The van der Waals surface area contributed by atoms with Crippen molar-refractivity contribution in [3.05, 3.63) is 18.0 Å². The van der Waals surface area contributed by atoms with Crippen LogP contribution in [0.1, 0.15) is 10.4 Å². The van der Waals surface area contributed by atoms with Gasteiger partial charge in [-0.15, -0.1) is 0 Å². The number of likely N-dealkylation sites (N-methyl/N-ethyl adjacent to an activating group) is 1. The second-order valence-corrected chi connectivity index (χ2v) is 1.94. The standard InChI is InChI=1S/C6H9N3O/c1-7-4-6(10)5-2-8-9-3-5/h2-3,7H,4H2,1H3,(H,8,9). The average Bonchev–Trinajstić information content (AvgIpc) is 2.38. The minimum atomic E-state index is 0.0521. The summed E-state index contributed by atoms with van der Waals surface area (Å²) in [4.78, 5) is 11.0. The lowest BCUT2D eigenvalue weighted by Gasteiger charge is -1.92. The van der Waals surface area contributed by atoms with Crippen LogP contribution in [-0.4, -0.2) is 29.6 Å². The number of H-pyrrole nitrogens is 1. The van der Waals surface area contributed by atoms with E-state index in [1.165, 1.54) is 6.20 Å². The highest BCUT2D eigenvalue weighted by molar-refractivity contribution is 5.97. The maximum atomic E-state index is 11.0. The molecular weight excluding hydrogens is 130 g/mol. The van der Waals surface area contributed by atoms with E-state index < -0.39 is 0 Å². The van der Waals surface area contributed by atoms with E-state index in [2.05, 4.69) is 15.5 Å². The first-order chi connectivity index (χ1) is 4.84. The Balaban J connectivity index is 2.59. The molecule has 0 aliphatic heterocycles. The third-order valence-corrected chi connectivity index (χ3v) is 1.16. The molecule has 54 valence electrons. The van der Waals surface area contributed by atoms with Gasteiger partial charge in [0.25, 0.3) is 0 Å². The summed E-state index contributed by atoms with van der Waals surface area (Å²) < 4.78 is 0. The normalized spacial score (nSPS) is 9.70. The minimum absolute atomic E-state index is 0.0521. The zero-order chi connectivity index (χ0) is 7.40. The number of hydrogen-bond acceptors (Lipinski definition) is 3. The fraction of sp³-hybridized carbons (Fsp3) is 0.333. The van der Waals surface area contributed by atoms with E-state index in [0.29, 0.717) is 12.1 Å². The highest BCUT2D eigenvalue weighted by Gasteiger charge is 2.03. The van der Waals surface area contributed by atoms with Crippen molar-refractivity contribution in [2.24, 2.45) is 0 Å². The van der Waals surface area contributed by atoms with Gasteiger partial charge in [-0.1, -0.05) is 0 Å². The molecular formula is C6H9N3O. The van der Waals surface area contributed by atoms with E-state index >= 15 is 0 Å². The van der Waals surface area contributed by atoms with Crippen molar-refractivity contribution >= 4 is 5.78 Å². The number of rotatable bonds is 3. The second-order valence-electron chi connectivity index (χ2n) is 1.94. The molecule has 0 aromatic carbocycles. The third kappa shape index (κ3) is 1.41. The van der Waals surface area contributed by atoms with Gasteiger partial charge in [0.05, 0.1) is 18.3 Å². The topological polar surface area (TPSA) is 57.8 Å². The SMILES string of the molecule is CNCC(=O)c1cn[nH]c1. The van der Waals surface area contributed by atoms with E-state index in [-0.39, 0.29) is 5.78 Å². The van der Waals surface area contributed by atoms with Gasteiger partial charge in [-0.3, -0.25) is 9.89 Å². The molecule has 1 heterocycles. The number of ketones is 1. The maximum Gasteiger partial charge on any atom is 0.179 e. The van der Waals surface area contributed by atoms with Crippen molar-refractivity contribution in [1.29, 1.82) is 0 Å². The van der Waals surface area contributed by atoms with Gasteiger partial charge in [-0.25, -0.2) is 0 Å². The van der Waals surface area contributed by atoms with Crippen LogP contribution >= 0.6 is 0 Å². The summed E-state index contributed by atoms with van der Waals surface area (Å²) in [5.41, 5.74) is 0.620. The molecule has 0 bridgehead atoms. The molecule has 0 unspecified atom stereocenters. The summed E-state index contributed by atoms with van der Waals surface area (Å²) in [6, 6.07) is 0. The number of hydrogen-bond donors (Lipinski definition) is 2. The molecule has 0 fully saturated rings. The zero-order valence-electron chi connectivity index (χ0n) is 5.72. The van der Waals surface area contributed by atoms with Gasteiger partial charge in [0.1, 0.15) is 0 Å². The van der Waals surface area contributed by atoms with Crippen LogP contribution in [0.3, 0.4) is 0 Å². The molecule has 1 rings (SSSR count). The Bertz CT molecular complexity index is 205. The quantitative estimate of drug-likeness (QED) is 0.571. The zero-order valence-corrected chi connectivity index (χ0v) is 5.72. The van der Waals surface area contributed by atoms with Gasteiger partial charge < -0.3 is 5.32 Å². The molecule has 2 N–H and O–H groups in total. The van der Waals surface area contributed by atoms with E-state index in [9.17, 15) is 4.79 Å². The third-order valence-electron chi connectivity index (χ3n) is 1.16. The predicted octanol–water partition coefficient (Wildman–Crippen LogP) is -0.188. The van der Waals surface area contributed by atoms with Crippen LogP contribution in [0.2, 0.25) is 0 Å². The number of aromatic amines is 1. The fourth-order valence-corrected chi connectivity index (χ4v) is 0.666. The molecule has 0 aliphatic carbocycles. The molecule has 0 saturated carbocycles. The van der Waals surface area contributed by atoms with Crippen LogP contribution in [0.25, 0.3) is 0 Å². The van der Waals surface area contributed by atoms with Gasteiger partial charge in [0, 0.05) is 6.20 Å². The second kappa shape index (κ2) is 3.12. The van der Waals surface area contributed by atoms with Crippen molar-refractivity contribution in [3.8, 4) is 0 Å². The lowest BCUT2D eigenvalue weighted by atomic mass is 10.2. The molecule has 0 spiro atoms. The van der Waals surface area contributed by atoms with E-state index in [0.717, 1.165) is 0 Å². The van der Waals surface area contributed by atoms with E-state index in [4.69, 9.17) is 0 Å². The number of Topliss-reactive ketones (excluding diaryl/α,β-unsaturated/α-hetero) is 1. The van der Waals surface area contributed by atoms with Crippen molar-refractivity contribution in [2.75, 3.05) is 13.6 Å². The van der Waals surface area contributed by atoms with E-state index in [1.54, 1.807) is 13.2 Å².